The Kier molecular flexibility index (Phi) is 6.60. The number of amides is 1. The molecule has 2 N–H and O–H groups in total. The van der Waals surface area contributed by atoms with Crippen LogP contribution in [0.25, 0.3) is 0 Å². The van der Waals surface area contributed by atoms with Crippen LogP contribution in [0.2, 0.25) is 0 Å². The number of benzene rings is 1. The lowest BCUT2D eigenvalue weighted by Crippen LogP contribution is -2.42. The number of methoxy groups -OCH3 is 1. The number of ether oxygens (including phenoxy) is 1. The molecule has 5 nitrogen and oxygen atoms in total. The van der Waals surface area contributed by atoms with Crippen LogP contribution in [0, 0.1) is 5.82 Å². The van der Waals surface area contributed by atoms with Crippen LogP contribution in [-0.2, 0) is 20.7 Å². The van der Waals surface area contributed by atoms with Crippen molar-refractivity contribution in [3.63, 3.8) is 0 Å². The molecule has 0 aliphatic rings. The molecule has 7 heteroatoms. The van der Waals surface area contributed by atoms with Gasteiger partial charge in [-0.05, 0) is 33.6 Å². The third kappa shape index (κ3) is 5.26. The number of carbonyl (C=O) groups is 2. The molecule has 1 atom stereocenters. The average Bonchev–Trinajstić information content (AvgIpc) is 2.38. The molecule has 0 aliphatic heterocycles. The lowest BCUT2D eigenvalue weighted by molar-refractivity contribution is -0.142. The Bertz CT molecular complexity index is 495. The molecule has 0 bridgehead atoms. The Hall–Kier alpha value is -1.47. The standard InChI is InChI=1S/C13H15BrFNO4/c1-20-5-4-11(13(18)19)16-12(17)7-8-2-3-9(14)10(15)6-8/h2-3,6,11H,4-5,7H2,1H3,(H,16,17)(H,18,19). The number of hydrogen-bond donors (Lipinski definition) is 2. The van der Waals surface area contributed by atoms with Gasteiger partial charge in [0.05, 0.1) is 10.9 Å². The zero-order valence-corrected chi connectivity index (χ0v) is 12.4. The average molecular weight is 348 g/mol. The van der Waals surface area contributed by atoms with E-state index in [4.69, 9.17) is 9.84 Å². The number of carbonyl (C=O) groups excluding carboxylic acids is 1. The summed E-state index contributed by atoms with van der Waals surface area (Å²) in [5, 5.41) is 11.3. The van der Waals surface area contributed by atoms with Gasteiger partial charge in [-0.25, -0.2) is 9.18 Å². The van der Waals surface area contributed by atoms with Gasteiger partial charge in [-0.2, -0.15) is 0 Å². The monoisotopic (exact) mass is 347 g/mol. The summed E-state index contributed by atoms with van der Waals surface area (Å²) < 4.78 is 18.4. The molecule has 1 unspecified atom stereocenters. The Morgan fingerprint density at radius 2 is 2.20 bits per heavy atom. The number of hydrogen-bond acceptors (Lipinski definition) is 3. The van der Waals surface area contributed by atoms with Crippen molar-refractivity contribution < 1.29 is 23.8 Å². The fraction of sp³-hybridized carbons (Fsp3) is 0.385. The molecule has 0 radical (unpaired) electrons. The highest BCUT2D eigenvalue weighted by Crippen LogP contribution is 2.16. The van der Waals surface area contributed by atoms with Crippen molar-refractivity contribution in [2.24, 2.45) is 0 Å². The lowest BCUT2D eigenvalue weighted by Gasteiger charge is -2.14. The van der Waals surface area contributed by atoms with Gasteiger partial charge >= 0.3 is 5.97 Å². The van der Waals surface area contributed by atoms with Crippen molar-refractivity contribution in [2.75, 3.05) is 13.7 Å². The predicted molar refractivity (Wildman–Crippen MR) is 73.9 cm³/mol. The maximum absolute atomic E-state index is 13.3. The normalized spacial score (nSPS) is 11.9. The minimum Gasteiger partial charge on any atom is -0.480 e. The van der Waals surface area contributed by atoms with Gasteiger partial charge in [-0.1, -0.05) is 6.07 Å². The molecule has 0 heterocycles. The highest BCUT2D eigenvalue weighted by Gasteiger charge is 2.19. The molecule has 1 aromatic carbocycles. The zero-order valence-electron chi connectivity index (χ0n) is 10.9. The summed E-state index contributed by atoms with van der Waals surface area (Å²) >= 11 is 3.02. The summed E-state index contributed by atoms with van der Waals surface area (Å²) in [6, 6.07) is 3.31. The largest absolute Gasteiger partial charge is 0.480 e. The SMILES string of the molecule is COCCC(NC(=O)Cc1ccc(Br)c(F)c1)C(=O)O. The van der Waals surface area contributed by atoms with E-state index >= 15 is 0 Å². The van der Waals surface area contributed by atoms with Gasteiger partial charge in [0.1, 0.15) is 11.9 Å². The van der Waals surface area contributed by atoms with Crippen LogP contribution in [0.1, 0.15) is 12.0 Å². The quantitative estimate of drug-likeness (QED) is 0.787. The van der Waals surface area contributed by atoms with E-state index in [2.05, 4.69) is 21.2 Å². The van der Waals surface area contributed by atoms with Gasteiger partial charge in [0.15, 0.2) is 0 Å². The van der Waals surface area contributed by atoms with E-state index in [1.165, 1.54) is 19.2 Å². The molecular formula is C13H15BrFNO4. The predicted octanol–water partition coefficient (Wildman–Crippen LogP) is 1.74. The number of nitrogens with one attached hydrogen (secondary N) is 1. The van der Waals surface area contributed by atoms with Crippen molar-refractivity contribution in [3.05, 3.63) is 34.1 Å². The smallest absolute Gasteiger partial charge is 0.326 e. The van der Waals surface area contributed by atoms with Gasteiger partial charge in [0.2, 0.25) is 5.91 Å². The van der Waals surface area contributed by atoms with Crippen LogP contribution in [0.5, 0.6) is 0 Å². The summed E-state index contributed by atoms with van der Waals surface area (Å²) in [4.78, 5) is 22.7. The maximum Gasteiger partial charge on any atom is 0.326 e. The Labute approximate surface area is 124 Å². The van der Waals surface area contributed by atoms with Crippen LogP contribution in [0.4, 0.5) is 4.39 Å². The molecule has 110 valence electrons. The molecule has 1 rings (SSSR count). The van der Waals surface area contributed by atoms with Gasteiger partial charge in [-0.15, -0.1) is 0 Å². The number of aliphatic carboxylic acids is 1. The van der Waals surface area contributed by atoms with Crippen molar-refractivity contribution in [1.82, 2.24) is 5.32 Å². The molecule has 1 aromatic rings. The summed E-state index contributed by atoms with van der Waals surface area (Å²) in [5.41, 5.74) is 0.471. The van der Waals surface area contributed by atoms with Crippen molar-refractivity contribution in [3.8, 4) is 0 Å². The summed E-state index contributed by atoms with van der Waals surface area (Å²) in [7, 11) is 1.45. The Morgan fingerprint density at radius 1 is 1.50 bits per heavy atom. The van der Waals surface area contributed by atoms with Crippen LogP contribution in [0.3, 0.4) is 0 Å². The minimum absolute atomic E-state index is 0.0824. The first-order valence-electron chi connectivity index (χ1n) is 5.89. The molecule has 0 saturated carbocycles. The first-order chi connectivity index (χ1) is 9.43. The van der Waals surface area contributed by atoms with E-state index in [1.54, 1.807) is 6.07 Å². The number of carboxylic acid groups (broad SMARTS) is 1. The first-order valence-corrected chi connectivity index (χ1v) is 6.68. The lowest BCUT2D eigenvalue weighted by atomic mass is 10.1. The van der Waals surface area contributed by atoms with Gasteiger partial charge in [0, 0.05) is 20.1 Å². The topological polar surface area (TPSA) is 75.6 Å². The fourth-order valence-electron chi connectivity index (χ4n) is 1.57. The minimum atomic E-state index is -1.13. The second kappa shape index (κ2) is 7.96. The third-order valence-electron chi connectivity index (χ3n) is 2.59. The second-order valence-electron chi connectivity index (χ2n) is 4.17. The van der Waals surface area contributed by atoms with E-state index in [-0.39, 0.29) is 19.4 Å². The Morgan fingerprint density at radius 3 is 2.75 bits per heavy atom. The highest BCUT2D eigenvalue weighted by molar-refractivity contribution is 9.10. The summed E-state index contributed by atoms with van der Waals surface area (Å²) in [6.07, 6.45) is 0.0905. The molecule has 0 aliphatic carbocycles. The second-order valence-corrected chi connectivity index (χ2v) is 5.02. The number of carboxylic acids is 1. The molecule has 20 heavy (non-hydrogen) atoms. The highest BCUT2D eigenvalue weighted by atomic mass is 79.9. The molecular weight excluding hydrogens is 333 g/mol. The molecule has 0 fully saturated rings. The van der Waals surface area contributed by atoms with E-state index < -0.39 is 23.7 Å². The van der Waals surface area contributed by atoms with E-state index in [9.17, 15) is 14.0 Å². The van der Waals surface area contributed by atoms with Gasteiger partial charge in [-0.3, -0.25) is 4.79 Å². The first kappa shape index (κ1) is 16.6. The van der Waals surface area contributed by atoms with Crippen molar-refractivity contribution >= 4 is 27.8 Å². The number of rotatable bonds is 7. The van der Waals surface area contributed by atoms with Crippen LogP contribution in [0.15, 0.2) is 22.7 Å². The molecule has 0 saturated heterocycles. The Balaban J connectivity index is 2.60. The summed E-state index contributed by atoms with van der Waals surface area (Å²) in [6.45, 7) is 0.226. The molecule has 0 aromatic heterocycles. The van der Waals surface area contributed by atoms with E-state index in [0.717, 1.165) is 0 Å². The van der Waals surface area contributed by atoms with Crippen LogP contribution in [-0.4, -0.2) is 36.7 Å². The van der Waals surface area contributed by atoms with E-state index in [1.807, 2.05) is 0 Å². The number of halogens is 2. The molecule has 0 spiro atoms. The van der Waals surface area contributed by atoms with E-state index in [0.29, 0.717) is 10.0 Å². The van der Waals surface area contributed by atoms with Crippen LogP contribution >= 0.6 is 15.9 Å². The van der Waals surface area contributed by atoms with Crippen molar-refractivity contribution in [2.45, 2.75) is 18.9 Å². The summed E-state index contributed by atoms with van der Waals surface area (Å²) in [5.74, 6) is -2.07. The zero-order chi connectivity index (χ0) is 15.1. The maximum atomic E-state index is 13.3. The van der Waals surface area contributed by atoms with Gasteiger partial charge < -0.3 is 15.2 Å². The van der Waals surface area contributed by atoms with Crippen molar-refractivity contribution in [1.29, 1.82) is 0 Å². The fourth-order valence-corrected chi connectivity index (χ4v) is 1.82. The van der Waals surface area contributed by atoms with Crippen LogP contribution < -0.4 is 5.32 Å². The van der Waals surface area contributed by atoms with Gasteiger partial charge in [0.25, 0.3) is 0 Å². The molecule has 1 amide bonds. The third-order valence-corrected chi connectivity index (χ3v) is 3.24.